The zero-order chi connectivity index (χ0) is 20.4. The summed E-state index contributed by atoms with van der Waals surface area (Å²) in [5.41, 5.74) is 0.829. The summed E-state index contributed by atoms with van der Waals surface area (Å²) in [5.74, 6) is 6.74. The van der Waals surface area contributed by atoms with Crippen LogP contribution in [-0.4, -0.2) is 39.2 Å². The summed E-state index contributed by atoms with van der Waals surface area (Å²) in [5, 5.41) is 10.5. The van der Waals surface area contributed by atoms with Crippen LogP contribution in [0.25, 0.3) is 11.4 Å². The van der Waals surface area contributed by atoms with Gasteiger partial charge in [0.25, 0.3) is 0 Å². The lowest BCUT2D eigenvalue weighted by Crippen LogP contribution is -2.24. The minimum atomic E-state index is -0.525. The molecule has 8 nitrogen and oxygen atoms in total. The fourth-order valence-corrected chi connectivity index (χ4v) is 3.53. The molecule has 0 unspecified atom stereocenters. The van der Waals surface area contributed by atoms with E-state index < -0.39 is 11.1 Å². The van der Waals surface area contributed by atoms with Crippen LogP contribution in [0.15, 0.2) is 47.6 Å². The molecule has 0 saturated heterocycles. The average molecular weight is 415 g/mol. The maximum Gasteiger partial charge on any atom is 0.237 e. The van der Waals surface area contributed by atoms with Gasteiger partial charge in [0, 0.05) is 11.8 Å². The van der Waals surface area contributed by atoms with E-state index in [-0.39, 0.29) is 17.3 Å². The predicted molar refractivity (Wildman–Crippen MR) is 107 cm³/mol. The number of anilines is 1. The van der Waals surface area contributed by atoms with Crippen LogP contribution in [-0.2, 0) is 4.79 Å². The number of carbonyl (C=O) groups is 1. The fraction of sp³-hybridized carbons (Fsp3) is 0.211. The lowest BCUT2D eigenvalue weighted by molar-refractivity contribution is -0.115. The SMILES string of the molecule is C[C@H](Sc1nnc(-c2ccccc2F)n1N)C(=O)Nc1ccc2c(c1)OCCO2. The summed E-state index contributed by atoms with van der Waals surface area (Å²) in [6, 6.07) is 11.4. The molecular formula is C19H18FN5O3S. The molecule has 1 aliphatic heterocycles. The number of thioether (sulfide) groups is 1. The van der Waals surface area contributed by atoms with Crippen molar-refractivity contribution in [2.75, 3.05) is 24.4 Å². The van der Waals surface area contributed by atoms with Gasteiger partial charge in [0.1, 0.15) is 19.0 Å². The smallest absolute Gasteiger partial charge is 0.237 e. The molecule has 1 aliphatic rings. The van der Waals surface area contributed by atoms with Gasteiger partial charge in [-0.1, -0.05) is 23.9 Å². The van der Waals surface area contributed by atoms with Crippen LogP contribution in [0.3, 0.4) is 0 Å². The van der Waals surface area contributed by atoms with Crippen LogP contribution in [0.4, 0.5) is 10.1 Å². The second kappa shape index (κ2) is 8.00. The van der Waals surface area contributed by atoms with Gasteiger partial charge in [-0.25, -0.2) is 9.07 Å². The van der Waals surface area contributed by atoms with Crippen molar-refractivity contribution in [2.24, 2.45) is 0 Å². The van der Waals surface area contributed by atoms with E-state index in [2.05, 4.69) is 15.5 Å². The van der Waals surface area contributed by atoms with Gasteiger partial charge in [-0.3, -0.25) is 4.79 Å². The number of fused-ring (bicyclic) bond motifs is 1. The number of ether oxygens (including phenoxy) is 2. The van der Waals surface area contributed by atoms with Crippen molar-refractivity contribution in [3.63, 3.8) is 0 Å². The second-order valence-electron chi connectivity index (χ2n) is 6.26. The zero-order valence-electron chi connectivity index (χ0n) is 15.5. The van der Waals surface area contributed by atoms with Gasteiger partial charge < -0.3 is 20.6 Å². The molecule has 150 valence electrons. The monoisotopic (exact) mass is 415 g/mol. The normalized spacial score (nSPS) is 13.7. The number of nitrogens with zero attached hydrogens (tertiary/aromatic N) is 3. The lowest BCUT2D eigenvalue weighted by atomic mass is 10.2. The molecule has 1 aromatic heterocycles. The number of halogens is 1. The Morgan fingerprint density at radius 2 is 1.97 bits per heavy atom. The van der Waals surface area contributed by atoms with Crippen LogP contribution in [0.5, 0.6) is 11.5 Å². The van der Waals surface area contributed by atoms with E-state index in [1.54, 1.807) is 43.3 Å². The number of hydrogen-bond acceptors (Lipinski definition) is 7. The average Bonchev–Trinajstić information content (AvgIpc) is 3.08. The van der Waals surface area contributed by atoms with E-state index in [1.165, 1.54) is 10.7 Å². The Labute approximate surface area is 170 Å². The molecule has 1 amide bonds. The number of aromatic nitrogens is 3. The van der Waals surface area contributed by atoms with E-state index >= 15 is 0 Å². The highest BCUT2D eigenvalue weighted by molar-refractivity contribution is 8.00. The number of nitrogen functional groups attached to an aromatic ring is 1. The summed E-state index contributed by atoms with van der Waals surface area (Å²) >= 11 is 1.12. The van der Waals surface area contributed by atoms with E-state index in [1.807, 2.05) is 0 Å². The molecular weight excluding hydrogens is 397 g/mol. The summed E-state index contributed by atoms with van der Waals surface area (Å²) < 4.78 is 26.2. The first-order valence-electron chi connectivity index (χ1n) is 8.85. The Balaban J connectivity index is 1.45. The molecule has 2 aromatic carbocycles. The van der Waals surface area contributed by atoms with E-state index in [4.69, 9.17) is 15.3 Å². The van der Waals surface area contributed by atoms with Gasteiger partial charge in [0.2, 0.25) is 11.1 Å². The zero-order valence-corrected chi connectivity index (χ0v) is 16.3. The molecule has 3 aromatic rings. The summed E-state index contributed by atoms with van der Waals surface area (Å²) in [6.45, 7) is 2.68. The molecule has 0 saturated carbocycles. The van der Waals surface area contributed by atoms with Crippen LogP contribution >= 0.6 is 11.8 Å². The van der Waals surface area contributed by atoms with E-state index in [9.17, 15) is 9.18 Å². The highest BCUT2D eigenvalue weighted by Crippen LogP contribution is 2.33. The largest absolute Gasteiger partial charge is 0.486 e. The van der Waals surface area contributed by atoms with Crippen molar-refractivity contribution < 1.29 is 18.7 Å². The third-order valence-electron chi connectivity index (χ3n) is 4.24. The first kappa shape index (κ1) is 19.1. The van der Waals surface area contributed by atoms with Gasteiger partial charge in [-0.2, -0.15) is 0 Å². The number of rotatable bonds is 5. The molecule has 29 heavy (non-hydrogen) atoms. The highest BCUT2D eigenvalue weighted by Gasteiger charge is 2.22. The van der Waals surface area contributed by atoms with Crippen molar-refractivity contribution in [1.29, 1.82) is 0 Å². The number of nitrogens with two attached hydrogens (primary N) is 1. The number of amides is 1. The van der Waals surface area contributed by atoms with Gasteiger partial charge in [0.15, 0.2) is 17.3 Å². The molecule has 0 spiro atoms. The molecule has 2 heterocycles. The molecule has 10 heteroatoms. The topological polar surface area (TPSA) is 104 Å². The van der Waals surface area contributed by atoms with E-state index in [0.717, 1.165) is 11.8 Å². The minimum absolute atomic E-state index is 0.185. The molecule has 0 radical (unpaired) electrons. The predicted octanol–water partition coefficient (Wildman–Crippen LogP) is 2.69. The Hall–Kier alpha value is -3.27. The molecule has 4 rings (SSSR count). The van der Waals surface area contributed by atoms with Gasteiger partial charge in [0.05, 0.1) is 10.8 Å². The summed E-state index contributed by atoms with van der Waals surface area (Å²) in [6.07, 6.45) is 0. The molecule has 1 atom stereocenters. The molecule has 0 fully saturated rings. The molecule has 3 N–H and O–H groups in total. The molecule has 0 aliphatic carbocycles. The van der Waals surface area contributed by atoms with Crippen LogP contribution < -0.4 is 20.6 Å². The second-order valence-corrected chi connectivity index (χ2v) is 7.57. The first-order chi connectivity index (χ1) is 14.0. The lowest BCUT2D eigenvalue weighted by Gasteiger charge is -2.19. The van der Waals surface area contributed by atoms with Gasteiger partial charge in [-0.05, 0) is 31.2 Å². The van der Waals surface area contributed by atoms with Crippen molar-refractivity contribution in [1.82, 2.24) is 14.9 Å². The molecule has 0 bridgehead atoms. The number of nitrogens with one attached hydrogen (secondary N) is 1. The van der Waals surface area contributed by atoms with Crippen LogP contribution in [0.1, 0.15) is 6.92 Å². The number of hydrogen-bond donors (Lipinski definition) is 2. The van der Waals surface area contributed by atoms with Crippen molar-refractivity contribution in [2.45, 2.75) is 17.3 Å². The Bertz CT molecular complexity index is 1060. The highest BCUT2D eigenvalue weighted by atomic mass is 32.2. The first-order valence-corrected chi connectivity index (χ1v) is 9.73. The maximum atomic E-state index is 14.0. The Morgan fingerprint density at radius 1 is 1.21 bits per heavy atom. The third kappa shape index (κ3) is 3.97. The fourth-order valence-electron chi connectivity index (χ4n) is 2.76. The third-order valence-corrected chi connectivity index (χ3v) is 5.30. The quantitative estimate of drug-likeness (QED) is 0.488. The van der Waals surface area contributed by atoms with Crippen molar-refractivity contribution in [3.8, 4) is 22.9 Å². The van der Waals surface area contributed by atoms with Crippen LogP contribution in [0.2, 0.25) is 0 Å². The van der Waals surface area contributed by atoms with Gasteiger partial charge in [-0.15, -0.1) is 10.2 Å². The Morgan fingerprint density at radius 3 is 2.76 bits per heavy atom. The summed E-state index contributed by atoms with van der Waals surface area (Å²) in [7, 11) is 0. The van der Waals surface area contributed by atoms with Crippen LogP contribution in [0, 0.1) is 5.82 Å². The van der Waals surface area contributed by atoms with Gasteiger partial charge >= 0.3 is 0 Å². The Kier molecular flexibility index (Phi) is 5.26. The standard InChI is InChI=1S/C19H18FN5O3S/c1-11(18(26)22-12-6-7-15-16(10-12)28-9-8-27-15)29-19-24-23-17(25(19)21)13-4-2-3-5-14(13)20/h2-7,10-11H,8-9,21H2,1H3,(H,22,26)/t11-/m0/s1. The van der Waals surface area contributed by atoms with Crippen molar-refractivity contribution in [3.05, 3.63) is 48.3 Å². The number of benzene rings is 2. The maximum absolute atomic E-state index is 14.0. The minimum Gasteiger partial charge on any atom is -0.486 e. The number of carbonyl (C=O) groups excluding carboxylic acids is 1. The van der Waals surface area contributed by atoms with Crippen molar-refractivity contribution >= 4 is 23.4 Å². The van der Waals surface area contributed by atoms with E-state index in [0.29, 0.717) is 35.6 Å². The summed E-state index contributed by atoms with van der Waals surface area (Å²) in [4.78, 5) is 12.6.